The lowest BCUT2D eigenvalue weighted by molar-refractivity contribution is 0.598. The molecule has 19 heavy (non-hydrogen) atoms. The van der Waals surface area contributed by atoms with E-state index in [4.69, 9.17) is 11.6 Å². The van der Waals surface area contributed by atoms with Gasteiger partial charge in [0, 0.05) is 0 Å². The number of nitrogens with one attached hydrogen (secondary N) is 1. The van der Waals surface area contributed by atoms with E-state index < -0.39 is 15.8 Å². The maximum absolute atomic E-state index is 13.7. The van der Waals surface area contributed by atoms with Gasteiger partial charge in [0.25, 0.3) is 10.0 Å². The van der Waals surface area contributed by atoms with E-state index in [1.54, 1.807) is 25.1 Å². The van der Waals surface area contributed by atoms with Crippen LogP contribution in [0.15, 0.2) is 47.4 Å². The SMILES string of the molecule is Cc1ccccc1S(=O)(=O)Nc1cccc(Cl)c1F. The fourth-order valence-electron chi connectivity index (χ4n) is 1.64. The first kappa shape index (κ1) is 13.8. The Balaban J connectivity index is 2.43. The summed E-state index contributed by atoms with van der Waals surface area (Å²) >= 11 is 5.61. The molecule has 0 bridgehead atoms. The molecule has 0 aromatic heterocycles. The summed E-state index contributed by atoms with van der Waals surface area (Å²) in [6.07, 6.45) is 0. The van der Waals surface area contributed by atoms with Gasteiger partial charge in [0.1, 0.15) is 0 Å². The van der Waals surface area contributed by atoms with E-state index in [0.29, 0.717) is 5.56 Å². The second kappa shape index (κ2) is 5.19. The van der Waals surface area contributed by atoms with Crippen LogP contribution in [-0.2, 0) is 10.0 Å². The molecule has 0 amide bonds. The van der Waals surface area contributed by atoms with Gasteiger partial charge >= 0.3 is 0 Å². The molecular weight excluding hydrogens is 289 g/mol. The summed E-state index contributed by atoms with van der Waals surface area (Å²) in [7, 11) is -3.83. The molecule has 0 atom stereocenters. The molecule has 0 radical (unpaired) electrons. The highest BCUT2D eigenvalue weighted by molar-refractivity contribution is 7.92. The van der Waals surface area contributed by atoms with Crippen LogP contribution in [0.4, 0.5) is 10.1 Å². The molecular formula is C13H11ClFNO2S. The minimum atomic E-state index is -3.83. The van der Waals surface area contributed by atoms with Crippen LogP contribution >= 0.6 is 11.6 Å². The minimum absolute atomic E-state index is 0.106. The first-order chi connectivity index (χ1) is 8.92. The Morgan fingerprint density at radius 2 is 1.79 bits per heavy atom. The molecule has 100 valence electrons. The van der Waals surface area contributed by atoms with E-state index >= 15 is 0 Å². The molecule has 0 saturated carbocycles. The maximum Gasteiger partial charge on any atom is 0.262 e. The van der Waals surface area contributed by atoms with Crippen molar-refractivity contribution >= 4 is 27.3 Å². The highest BCUT2D eigenvalue weighted by Gasteiger charge is 2.18. The number of benzene rings is 2. The molecule has 6 heteroatoms. The summed E-state index contributed by atoms with van der Waals surface area (Å²) < 4.78 is 40.2. The Kier molecular flexibility index (Phi) is 3.78. The highest BCUT2D eigenvalue weighted by Crippen LogP contribution is 2.25. The zero-order valence-corrected chi connectivity index (χ0v) is 11.6. The van der Waals surface area contributed by atoms with E-state index in [2.05, 4.69) is 4.72 Å². The average Bonchev–Trinajstić information content (AvgIpc) is 2.35. The summed E-state index contributed by atoms with van der Waals surface area (Å²) in [6.45, 7) is 1.67. The average molecular weight is 300 g/mol. The molecule has 0 saturated heterocycles. The summed E-state index contributed by atoms with van der Waals surface area (Å²) in [5.41, 5.74) is 0.410. The molecule has 0 aliphatic carbocycles. The smallest absolute Gasteiger partial charge is 0.262 e. The lowest BCUT2D eigenvalue weighted by Crippen LogP contribution is -2.15. The summed E-state index contributed by atoms with van der Waals surface area (Å²) in [6, 6.07) is 10.6. The first-order valence-corrected chi connectivity index (χ1v) is 7.30. The van der Waals surface area contributed by atoms with Gasteiger partial charge in [0.2, 0.25) is 0 Å². The van der Waals surface area contributed by atoms with Crippen molar-refractivity contribution < 1.29 is 12.8 Å². The molecule has 0 spiro atoms. The fourth-order valence-corrected chi connectivity index (χ4v) is 3.12. The van der Waals surface area contributed by atoms with E-state index in [1.165, 1.54) is 24.3 Å². The second-order valence-electron chi connectivity index (χ2n) is 3.97. The van der Waals surface area contributed by atoms with Crippen LogP contribution in [0.3, 0.4) is 0 Å². The van der Waals surface area contributed by atoms with Crippen molar-refractivity contribution in [2.75, 3.05) is 4.72 Å². The quantitative estimate of drug-likeness (QED) is 0.941. The molecule has 0 aliphatic heterocycles. The van der Waals surface area contributed by atoms with Crippen molar-refractivity contribution in [1.29, 1.82) is 0 Å². The van der Waals surface area contributed by atoms with Gasteiger partial charge in [0.15, 0.2) is 5.82 Å². The second-order valence-corrected chi connectivity index (χ2v) is 6.03. The van der Waals surface area contributed by atoms with Gasteiger partial charge in [0.05, 0.1) is 15.6 Å². The van der Waals surface area contributed by atoms with Crippen molar-refractivity contribution in [3.8, 4) is 0 Å². The number of rotatable bonds is 3. The maximum atomic E-state index is 13.7. The molecule has 2 aromatic rings. The lowest BCUT2D eigenvalue weighted by Gasteiger charge is -2.11. The Morgan fingerprint density at radius 3 is 2.47 bits per heavy atom. The zero-order chi connectivity index (χ0) is 14.0. The van der Waals surface area contributed by atoms with Crippen LogP contribution in [-0.4, -0.2) is 8.42 Å². The van der Waals surface area contributed by atoms with Gasteiger partial charge in [-0.15, -0.1) is 0 Å². The molecule has 0 aliphatic rings. The van der Waals surface area contributed by atoms with Gasteiger partial charge < -0.3 is 0 Å². The first-order valence-electron chi connectivity index (χ1n) is 5.44. The van der Waals surface area contributed by atoms with Gasteiger partial charge in [-0.1, -0.05) is 35.9 Å². The van der Waals surface area contributed by atoms with E-state index in [9.17, 15) is 12.8 Å². The summed E-state index contributed by atoms with van der Waals surface area (Å²) in [5.74, 6) is -0.790. The number of aryl methyl sites for hydroxylation is 1. The molecule has 0 unspecified atom stereocenters. The fraction of sp³-hybridized carbons (Fsp3) is 0.0769. The van der Waals surface area contributed by atoms with Crippen molar-refractivity contribution in [2.24, 2.45) is 0 Å². The molecule has 2 aromatic carbocycles. The number of hydrogen-bond acceptors (Lipinski definition) is 2. The topological polar surface area (TPSA) is 46.2 Å². The normalized spacial score (nSPS) is 11.3. The monoisotopic (exact) mass is 299 g/mol. The zero-order valence-electron chi connectivity index (χ0n) is 10.0. The van der Waals surface area contributed by atoms with E-state index in [-0.39, 0.29) is 15.6 Å². The predicted octanol–water partition coefficient (Wildman–Crippen LogP) is 3.59. The van der Waals surface area contributed by atoms with Crippen molar-refractivity contribution in [3.63, 3.8) is 0 Å². The Hall–Kier alpha value is -1.59. The summed E-state index contributed by atoms with van der Waals surface area (Å²) in [5, 5.41) is -0.134. The van der Waals surface area contributed by atoms with Gasteiger partial charge in [-0.25, -0.2) is 12.8 Å². The minimum Gasteiger partial charge on any atom is -0.277 e. The highest BCUT2D eigenvalue weighted by atomic mass is 35.5. The molecule has 0 heterocycles. The molecule has 1 N–H and O–H groups in total. The number of anilines is 1. The standard InChI is InChI=1S/C13H11ClFNO2S/c1-9-5-2-3-8-12(9)19(17,18)16-11-7-4-6-10(14)13(11)15/h2-8,16H,1H3. The van der Waals surface area contributed by atoms with Gasteiger partial charge in [-0.3, -0.25) is 4.72 Å². The number of halogens is 2. The Bertz CT molecular complexity index is 716. The van der Waals surface area contributed by atoms with Crippen LogP contribution in [0, 0.1) is 12.7 Å². The summed E-state index contributed by atoms with van der Waals surface area (Å²) in [4.78, 5) is 0.106. The molecule has 0 fully saturated rings. The van der Waals surface area contributed by atoms with Crippen LogP contribution in [0.5, 0.6) is 0 Å². The van der Waals surface area contributed by atoms with Gasteiger partial charge in [-0.2, -0.15) is 0 Å². The van der Waals surface area contributed by atoms with Crippen LogP contribution in [0.2, 0.25) is 5.02 Å². The van der Waals surface area contributed by atoms with E-state index in [0.717, 1.165) is 0 Å². The van der Waals surface area contributed by atoms with Crippen molar-refractivity contribution in [2.45, 2.75) is 11.8 Å². The molecule has 3 nitrogen and oxygen atoms in total. The van der Waals surface area contributed by atoms with Crippen LogP contribution in [0.1, 0.15) is 5.56 Å². The Morgan fingerprint density at radius 1 is 1.11 bits per heavy atom. The largest absolute Gasteiger partial charge is 0.277 e. The third-order valence-electron chi connectivity index (χ3n) is 2.58. The third-order valence-corrected chi connectivity index (χ3v) is 4.40. The van der Waals surface area contributed by atoms with Crippen LogP contribution in [0.25, 0.3) is 0 Å². The van der Waals surface area contributed by atoms with E-state index in [1.807, 2.05) is 0 Å². The number of hydrogen-bond donors (Lipinski definition) is 1. The Labute approximate surface area is 116 Å². The van der Waals surface area contributed by atoms with Crippen LogP contribution < -0.4 is 4.72 Å². The predicted molar refractivity (Wildman–Crippen MR) is 73.4 cm³/mol. The van der Waals surface area contributed by atoms with Crippen molar-refractivity contribution in [3.05, 3.63) is 58.9 Å². The lowest BCUT2D eigenvalue weighted by atomic mass is 10.2. The molecule has 2 rings (SSSR count). The third kappa shape index (κ3) is 2.88. The van der Waals surface area contributed by atoms with Gasteiger partial charge in [-0.05, 0) is 30.7 Å². The van der Waals surface area contributed by atoms with Crippen molar-refractivity contribution in [1.82, 2.24) is 0 Å². The number of sulfonamides is 1.